The van der Waals surface area contributed by atoms with Crippen molar-refractivity contribution in [3.05, 3.63) is 30.1 Å². The number of amides is 2. The summed E-state index contributed by atoms with van der Waals surface area (Å²) in [5.41, 5.74) is 0.532. The number of hydrogen-bond donors (Lipinski definition) is 2. The minimum Gasteiger partial charge on any atom is -0.355 e. The number of anilines is 1. The Morgan fingerprint density at radius 3 is 2.53 bits per heavy atom. The number of halogens is 2. The van der Waals surface area contributed by atoms with Crippen molar-refractivity contribution in [1.82, 2.24) is 5.32 Å². The first kappa shape index (κ1) is 15.6. The first-order chi connectivity index (χ1) is 9.02. The summed E-state index contributed by atoms with van der Waals surface area (Å²) in [6.07, 6.45) is 0.861. The Morgan fingerprint density at radius 2 is 1.95 bits per heavy atom. The van der Waals surface area contributed by atoms with Crippen molar-refractivity contribution >= 4 is 33.4 Å². The van der Waals surface area contributed by atoms with E-state index >= 15 is 0 Å². The van der Waals surface area contributed by atoms with Crippen LogP contribution >= 0.6 is 15.9 Å². The summed E-state index contributed by atoms with van der Waals surface area (Å²) < 4.78 is 12.7. The molecule has 104 valence electrons. The molecule has 1 rings (SSSR count). The zero-order valence-electron chi connectivity index (χ0n) is 10.6. The molecule has 0 fully saturated rings. The molecule has 19 heavy (non-hydrogen) atoms. The molecule has 1 aromatic carbocycles. The van der Waals surface area contributed by atoms with Crippen molar-refractivity contribution in [1.29, 1.82) is 0 Å². The standard InChI is InChI=1S/C13H16BrFN2O2/c1-2-11(14)13(19)16-8-7-12(18)17-10-5-3-9(15)4-6-10/h3-6,11H,2,7-8H2,1H3,(H,16,19)(H,17,18)/t11-/m1/s1. The lowest BCUT2D eigenvalue weighted by Gasteiger charge is -2.09. The van der Waals surface area contributed by atoms with Crippen molar-refractivity contribution < 1.29 is 14.0 Å². The number of benzene rings is 1. The average Bonchev–Trinajstić information content (AvgIpc) is 2.40. The predicted octanol–water partition coefficient (Wildman–Crippen LogP) is 2.44. The van der Waals surface area contributed by atoms with Crippen LogP contribution in [-0.4, -0.2) is 23.2 Å². The third-order valence-electron chi connectivity index (χ3n) is 2.42. The Kier molecular flexibility index (Phi) is 6.49. The normalized spacial score (nSPS) is 11.7. The van der Waals surface area contributed by atoms with Crippen LogP contribution in [0.15, 0.2) is 24.3 Å². The maximum Gasteiger partial charge on any atom is 0.233 e. The van der Waals surface area contributed by atoms with Crippen molar-refractivity contribution in [3.63, 3.8) is 0 Å². The molecule has 6 heteroatoms. The van der Waals surface area contributed by atoms with Gasteiger partial charge in [-0.2, -0.15) is 0 Å². The maximum absolute atomic E-state index is 12.7. The van der Waals surface area contributed by atoms with E-state index in [1.165, 1.54) is 24.3 Å². The van der Waals surface area contributed by atoms with Crippen LogP contribution in [0.25, 0.3) is 0 Å². The number of carbonyl (C=O) groups excluding carboxylic acids is 2. The highest BCUT2D eigenvalue weighted by atomic mass is 79.9. The van der Waals surface area contributed by atoms with Gasteiger partial charge in [0.2, 0.25) is 11.8 Å². The third-order valence-corrected chi connectivity index (χ3v) is 3.49. The Hall–Kier alpha value is -1.43. The van der Waals surface area contributed by atoms with Crippen molar-refractivity contribution in [3.8, 4) is 0 Å². The van der Waals surface area contributed by atoms with E-state index in [0.717, 1.165) is 0 Å². The molecule has 0 heterocycles. The summed E-state index contributed by atoms with van der Waals surface area (Å²) >= 11 is 3.22. The molecule has 1 atom stereocenters. The molecule has 0 saturated carbocycles. The Morgan fingerprint density at radius 1 is 1.32 bits per heavy atom. The molecule has 0 radical (unpaired) electrons. The van der Waals surface area contributed by atoms with Gasteiger partial charge in [-0.25, -0.2) is 4.39 Å². The minimum absolute atomic E-state index is 0.128. The summed E-state index contributed by atoms with van der Waals surface area (Å²) in [5, 5.41) is 5.27. The van der Waals surface area contributed by atoms with E-state index in [-0.39, 0.29) is 35.4 Å². The molecule has 0 bridgehead atoms. The molecule has 0 aliphatic carbocycles. The van der Waals surface area contributed by atoms with Gasteiger partial charge < -0.3 is 10.6 Å². The van der Waals surface area contributed by atoms with E-state index < -0.39 is 0 Å². The van der Waals surface area contributed by atoms with Crippen LogP contribution < -0.4 is 10.6 Å². The van der Waals surface area contributed by atoms with Gasteiger partial charge in [-0.05, 0) is 30.7 Å². The van der Waals surface area contributed by atoms with Gasteiger partial charge in [-0.3, -0.25) is 9.59 Å². The highest BCUT2D eigenvalue weighted by Gasteiger charge is 2.11. The number of nitrogens with one attached hydrogen (secondary N) is 2. The van der Waals surface area contributed by atoms with Crippen LogP contribution in [0.5, 0.6) is 0 Å². The van der Waals surface area contributed by atoms with Gasteiger partial charge in [0.25, 0.3) is 0 Å². The first-order valence-electron chi connectivity index (χ1n) is 6.00. The lowest BCUT2D eigenvalue weighted by atomic mass is 10.3. The lowest BCUT2D eigenvalue weighted by molar-refractivity contribution is -0.120. The molecular formula is C13H16BrFN2O2. The molecule has 0 spiro atoms. The molecule has 0 unspecified atom stereocenters. The molecule has 4 nitrogen and oxygen atoms in total. The van der Waals surface area contributed by atoms with Gasteiger partial charge in [0.05, 0.1) is 4.83 Å². The topological polar surface area (TPSA) is 58.2 Å². The molecule has 0 aromatic heterocycles. The van der Waals surface area contributed by atoms with E-state index in [0.29, 0.717) is 12.1 Å². The summed E-state index contributed by atoms with van der Waals surface area (Å²) in [5.74, 6) is -0.709. The second kappa shape index (κ2) is 7.89. The van der Waals surface area contributed by atoms with Gasteiger partial charge in [0.15, 0.2) is 0 Å². The largest absolute Gasteiger partial charge is 0.355 e. The summed E-state index contributed by atoms with van der Waals surface area (Å²) in [6, 6.07) is 5.51. The van der Waals surface area contributed by atoms with E-state index in [2.05, 4.69) is 26.6 Å². The molecule has 2 amide bonds. The van der Waals surface area contributed by atoms with E-state index in [4.69, 9.17) is 0 Å². The molecule has 1 aromatic rings. The van der Waals surface area contributed by atoms with Gasteiger partial charge in [-0.1, -0.05) is 22.9 Å². The first-order valence-corrected chi connectivity index (χ1v) is 6.91. The quantitative estimate of drug-likeness (QED) is 0.787. The summed E-state index contributed by atoms with van der Waals surface area (Å²) in [4.78, 5) is 22.7. The van der Waals surface area contributed by atoms with Crippen molar-refractivity contribution in [2.24, 2.45) is 0 Å². The number of hydrogen-bond acceptors (Lipinski definition) is 2. The van der Waals surface area contributed by atoms with Crippen LogP contribution in [0.4, 0.5) is 10.1 Å². The molecule has 0 saturated heterocycles. The molecule has 0 aliphatic rings. The second-order valence-electron chi connectivity index (χ2n) is 3.97. The number of rotatable bonds is 6. The van der Waals surface area contributed by atoms with Gasteiger partial charge >= 0.3 is 0 Å². The Bertz CT molecular complexity index is 437. The zero-order chi connectivity index (χ0) is 14.3. The maximum atomic E-state index is 12.7. The fourth-order valence-electron chi connectivity index (χ4n) is 1.35. The number of alkyl halides is 1. The van der Waals surface area contributed by atoms with Gasteiger partial charge in [-0.15, -0.1) is 0 Å². The highest BCUT2D eigenvalue weighted by Crippen LogP contribution is 2.08. The number of carbonyl (C=O) groups is 2. The van der Waals surface area contributed by atoms with Crippen LogP contribution in [0, 0.1) is 5.82 Å². The summed E-state index contributed by atoms with van der Waals surface area (Å²) in [6.45, 7) is 2.16. The highest BCUT2D eigenvalue weighted by molar-refractivity contribution is 9.10. The van der Waals surface area contributed by atoms with Crippen molar-refractivity contribution in [2.45, 2.75) is 24.6 Å². The Balaban J connectivity index is 2.28. The second-order valence-corrected chi connectivity index (χ2v) is 5.08. The van der Waals surface area contributed by atoms with Crippen LogP contribution in [0.3, 0.4) is 0 Å². The van der Waals surface area contributed by atoms with E-state index in [1.807, 2.05) is 6.92 Å². The molecule has 2 N–H and O–H groups in total. The van der Waals surface area contributed by atoms with E-state index in [1.54, 1.807) is 0 Å². The monoisotopic (exact) mass is 330 g/mol. The van der Waals surface area contributed by atoms with Crippen LogP contribution in [-0.2, 0) is 9.59 Å². The summed E-state index contributed by atoms with van der Waals surface area (Å²) in [7, 11) is 0. The smallest absolute Gasteiger partial charge is 0.233 e. The zero-order valence-corrected chi connectivity index (χ0v) is 12.2. The van der Waals surface area contributed by atoms with Crippen molar-refractivity contribution in [2.75, 3.05) is 11.9 Å². The fraction of sp³-hybridized carbons (Fsp3) is 0.385. The van der Waals surface area contributed by atoms with Crippen LogP contribution in [0.2, 0.25) is 0 Å². The van der Waals surface area contributed by atoms with Gasteiger partial charge in [0, 0.05) is 18.7 Å². The predicted molar refractivity (Wildman–Crippen MR) is 75.7 cm³/mol. The Labute approximate surface area is 119 Å². The SMILES string of the molecule is CC[C@@H](Br)C(=O)NCCC(=O)Nc1ccc(F)cc1. The lowest BCUT2D eigenvalue weighted by Crippen LogP contribution is -2.33. The van der Waals surface area contributed by atoms with Gasteiger partial charge in [0.1, 0.15) is 5.82 Å². The van der Waals surface area contributed by atoms with E-state index in [9.17, 15) is 14.0 Å². The third kappa shape index (κ3) is 5.83. The van der Waals surface area contributed by atoms with Crippen LogP contribution in [0.1, 0.15) is 19.8 Å². The average molecular weight is 331 g/mol. The molecular weight excluding hydrogens is 315 g/mol. The minimum atomic E-state index is -0.354. The fourth-order valence-corrected chi connectivity index (χ4v) is 1.51. The molecule has 0 aliphatic heterocycles.